The number of carboxylic acid groups (broad SMARTS) is 1. The van der Waals surface area contributed by atoms with E-state index in [1.165, 1.54) is 0 Å². The number of amides is 1. The van der Waals surface area contributed by atoms with Crippen LogP contribution in [0.15, 0.2) is 10.9 Å². The lowest BCUT2D eigenvalue weighted by Crippen LogP contribution is -2.43. The lowest BCUT2D eigenvalue weighted by atomic mass is 10.1. The Morgan fingerprint density at radius 3 is 2.94 bits per heavy atom. The van der Waals surface area contributed by atoms with E-state index in [-0.39, 0.29) is 6.04 Å². The quantitative estimate of drug-likeness (QED) is 0.839. The van der Waals surface area contributed by atoms with Gasteiger partial charge in [0.2, 0.25) is 0 Å². The maximum absolute atomic E-state index is 10.5. The molecule has 1 saturated heterocycles. The fourth-order valence-corrected chi connectivity index (χ4v) is 2.50. The number of likely N-dealkylation sites (tertiary alicyclic amines) is 1. The van der Waals surface area contributed by atoms with E-state index in [1.807, 2.05) is 5.51 Å². The zero-order valence-corrected chi connectivity index (χ0v) is 9.74. The second-order valence-electron chi connectivity index (χ2n) is 3.98. The van der Waals surface area contributed by atoms with E-state index in [4.69, 9.17) is 5.11 Å². The Kier molecular flexibility index (Phi) is 3.74. The number of carbonyl (C=O) groups is 1. The SMILES string of the molecule is O=C(O)NC1CCN(Cc2cscn2)CC1. The van der Waals surface area contributed by atoms with Crippen LogP contribution in [0.5, 0.6) is 0 Å². The molecular weight excluding hydrogens is 226 g/mol. The van der Waals surface area contributed by atoms with Crippen molar-refractivity contribution in [2.45, 2.75) is 25.4 Å². The maximum Gasteiger partial charge on any atom is 0.404 e. The Morgan fingerprint density at radius 1 is 1.62 bits per heavy atom. The molecule has 0 bridgehead atoms. The minimum Gasteiger partial charge on any atom is -0.465 e. The molecule has 2 N–H and O–H groups in total. The van der Waals surface area contributed by atoms with Crippen molar-refractivity contribution >= 4 is 17.4 Å². The predicted octanol–water partition coefficient (Wildman–Crippen LogP) is 1.38. The number of aromatic nitrogens is 1. The first-order chi connectivity index (χ1) is 7.74. The fraction of sp³-hybridized carbons (Fsp3) is 0.600. The Morgan fingerprint density at radius 2 is 2.38 bits per heavy atom. The summed E-state index contributed by atoms with van der Waals surface area (Å²) in [5.74, 6) is 0. The summed E-state index contributed by atoms with van der Waals surface area (Å²) in [5.41, 5.74) is 2.95. The zero-order valence-electron chi connectivity index (χ0n) is 8.93. The van der Waals surface area contributed by atoms with E-state index in [0.29, 0.717) is 0 Å². The highest BCUT2D eigenvalue weighted by Gasteiger charge is 2.20. The van der Waals surface area contributed by atoms with Crippen LogP contribution in [-0.4, -0.2) is 40.2 Å². The topological polar surface area (TPSA) is 65.5 Å². The summed E-state index contributed by atoms with van der Waals surface area (Å²) in [5, 5.41) is 13.2. The van der Waals surface area contributed by atoms with Gasteiger partial charge in [0.15, 0.2) is 0 Å². The van der Waals surface area contributed by atoms with Gasteiger partial charge in [-0.1, -0.05) is 0 Å². The summed E-state index contributed by atoms with van der Waals surface area (Å²) in [7, 11) is 0. The monoisotopic (exact) mass is 241 g/mol. The number of nitrogens with zero attached hydrogens (tertiary/aromatic N) is 2. The molecular formula is C10H15N3O2S. The van der Waals surface area contributed by atoms with Gasteiger partial charge in [-0.15, -0.1) is 11.3 Å². The number of hydrogen-bond donors (Lipinski definition) is 2. The van der Waals surface area contributed by atoms with Crippen molar-refractivity contribution in [1.82, 2.24) is 15.2 Å². The predicted molar refractivity (Wildman–Crippen MR) is 61.6 cm³/mol. The standard InChI is InChI=1S/C10H15N3O2S/c14-10(15)12-8-1-3-13(4-2-8)5-9-6-16-7-11-9/h6-8,12H,1-5H2,(H,14,15). The number of hydrogen-bond acceptors (Lipinski definition) is 4. The number of rotatable bonds is 3. The van der Waals surface area contributed by atoms with E-state index in [2.05, 4.69) is 20.6 Å². The Labute approximate surface area is 98.1 Å². The number of thiazole rings is 1. The molecule has 0 unspecified atom stereocenters. The fourth-order valence-electron chi connectivity index (χ4n) is 1.95. The van der Waals surface area contributed by atoms with Crippen LogP contribution < -0.4 is 5.32 Å². The third-order valence-electron chi connectivity index (χ3n) is 2.78. The lowest BCUT2D eigenvalue weighted by molar-refractivity contribution is 0.164. The first-order valence-electron chi connectivity index (χ1n) is 5.33. The van der Waals surface area contributed by atoms with Gasteiger partial charge in [-0.25, -0.2) is 9.78 Å². The van der Waals surface area contributed by atoms with E-state index >= 15 is 0 Å². The molecule has 1 aromatic rings. The molecule has 0 atom stereocenters. The Bertz CT molecular complexity index is 334. The molecule has 1 aliphatic heterocycles. The molecule has 1 amide bonds. The van der Waals surface area contributed by atoms with Crippen LogP contribution in [0.1, 0.15) is 18.5 Å². The van der Waals surface area contributed by atoms with Gasteiger partial charge in [0.05, 0.1) is 11.2 Å². The number of nitrogens with one attached hydrogen (secondary N) is 1. The molecule has 2 rings (SSSR count). The minimum absolute atomic E-state index is 0.115. The van der Waals surface area contributed by atoms with Gasteiger partial charge in [0, 0.05) is 31.1 Å². The summed E-state index contributed by atoms with van der Waals surface area (Å²) in [4.78, 5) is 17.0. The van der Waals surface area contributed by atoms with Gasteiger partial charge < -0.3 is 10.4 Å². The summed E-state index contributed by atoms with van der Waals surface area (Å²) in [6.45, 7) is 2.74. The van der Waals surface area contributed by atoms with Crippen molar-refractivity contribution in [2.75, 3.05) is 13.1 Å². The third-order valence-corrected chi connectivity index (χ3v) is 3.42. The van der Waals surface area contributed by atoms with Crippen LogP contribution in [0, 0.1) is 0 Å². The van der Waals surface area contributed by atoms with E-state index in [0.717, 1.165) is 38.2 Å². The van der Waals surface area contributed by atoms with Gasteiger partial charge >= 0.3 is 6.09 Å². The molecule has 0 aromatic carbocycles. The second-order valence-corrected chi connectivity index (χ2v) is 4.70. The first kappa shape index (κ1) is 11.3. The molecule has 0 saturated carbocycles. The highest BCUT2D eigenvalue weighted by molar-refractivity contribution is 7.07. The maximum atomic E-state index is 10.5. The average Bonchev–Trinajstić information content (AvgIpc) is 2.73. The van der Waals surface area contributed by atoms with E-state index < -0.39 is 6.09 Å². The molecule has 6 heteroatoms. The van der Waals surface area contributed by atoms with Crippen molar-refractivity contribution in [3.63, 3.8) is 0 Å². The van der Waals surface area contributed by atoms with E-state index in [1.54, 1.807) is 11.3 Å². The summed E-state index contributed by atoms with van der Waals surface area (Å²) < 4.78 is 0. The highest BCUT2D eigenvalue weighted by atomic mass is 32.1. The molecule has 1 fully saturated rings. The highest BCUT2D eigenvalue weighted by Crippen LogP contribution is 2.13. The van der Waals surface area contributed by atoms with Crippen LogP contribution in [0.2, 0.25) is 0 Å². The van der Waals surface area contributed by atoms with Crippen molar-refractivity contribution in [2.24, 2.45) is 0 Å². The summed E-state index contributed by atoms with van der Waals surface area (Å²) >= 11 is 1.61. The van der Waals surface area contributed by atoms with E-state index in [9.17, 15) is 4.79 Å². The first-order valence-corrected chi connectivity index (χ1v) is 6.27. The number of piperidine rings is 1. The van der Waals surface area contributed by atoms with Crippen molar-refractivity contribution in [1.29, 1.82) is 0 Å². The van der Waals surface area contributed by atoms with Crippen molar-refractivity contribution in [3.05, 3.63) is 16.6 Å². The van der Waals surface area contributed by atoms with Crippen LogP contribution in [0.4, 0.5) is 4.79 Å². The minimum atomic E-state index is -0.919. The molecule has 5 nitrogen and oxygen atoms in total. The molecule has 16 heavy (non-hydrogen) atoms. The van der Waals surface area contributed by atoms with Gasteiger partial charge in [-0.2, -0.15) is 0 Å². The smallest absolute Gasteiger partial charge is 0.404 e. The Hall–Kier alpha value is -1.14. The molecule has 1 aliphatic rings. The average molecular weight is 241 g/mol. The van der Waals surface area contributed by atoms with Crippen molar-refractivity contribution in [3.8, 4) is 0 Å². The second kappa shape index (κ2) is 5.27. The van der Waals surface area contributed by atoms with Gasteiger partial charge in [-0.3, -0.25) is 4.90 Å². The molecule has 1 aromatic heterocycles. The van der Waals surface area contributed by atoms with Gasteiger partial charge in [0.25, 0.3) is 0 Å². The zero-order chi connectivity index (χ0) is 11.4. The molecule has 0 aliphatic carbocycles. The van der Waals surface area contributed by atoms with Crippen LogP contribution >= 0.6 is 11.3 Å². The largest absolute Gasteiger partial charge is 0.465 e. The van der Waals surface area contributed by atoms with Crippen LogP contribution in [0.3, 0.4) is 0 Å². The molecule has 0 radical (unpaired) electrons. The van der Waals surface area contributed by atoms with Crippen molar-refractivity contribution < 1.29 is 9.90 Å². The van der Waals surface area contributed by atoms with Crippen LogP contribution in [-0.2, 0) is 6.54 Å². The van der Waals surface area contributed by atoms with Gasteiger partial charge in [-0.05, 0) is 12.8 Å². The summed E-state index contributed by atoms with van der Waals surface area (Å²) in [6.07, 6.45) is 0.852. The molecule has 0 spiro atoms. The summed E-state index contributed by atoms with van der Waals surface area (Å²) in [6, 6.07) is 0.115. The van der Waals surface area contributed by atoms with Gasteiger partial charge in [0.1, 0.15) is 0 Å². The lowest BCUT2D eigenvalue weighted by Gasteiger charge is -2.31. The third kappa shape index (κ3) is 3.18. The molecule has 2 heterocycles. The Balaban J connectivity index is 1.75. The molecule has 88 valence electrons. The van der Waals surface area contributed by atoms with Crippen LogP contribution in [0.25, 0.3) is 0 Å². The normalized spacial score (nSPS) is 18.5.